The fourth-order valence-electron chi connectivity index (χ4n) is 4.71. The molecule has 3 N–H and O–H groups in total. The summed E-state index contributed by atoms with van der Waals surface area (Å²) in [5.74, 6) is -0.777. The quantitative estimate of drug-likeness (QED) is 0.260. The molecular formula is C29H32Cl2FN3O3S. The van der Waals surface area contributed by atoms with E-state index in [2.05, 4.69) is 47.4 Å². The monoisotopic (exact) mass is 591 g/mol. The summed E-state index contributed by atoms with van der Waals surface area (Å²) in [5, 5.41) is 6.84. The lowest BCUT2D eigenvalue weighted by molar-refractivity contribution is -0.122. The molecule has 3 aromatic rings. The third-order valence-electron chi connectivity index (χ3n) is 6.73. The zero-order chi connectivity index (χ0) is 28.2. The van der Waals surface area contributed by atoms with Crippen LogP contribution in [0.4, 0.5) is 4.39 Å². The van der Waals surface area contributed by atoms with Gasteiger partial charge in [-0.15, -0.1) is 0 Å². The highest BCUT2D eigenvalue weighted by atomic mass is 35.5. The van der Waals surface area contributed by atoms with Crippen LogP contribution in [-0.2, 0) is 27.8 Å². The van der Waals surface area contributed by atoms with Gasteiger partial charge >= 0.3 is 0 Å². The first-order valence-corrected chi connectivity index (χ1v) is 15.1. The number of amides is 1. The molecule has 2 unspecified atom stereocenters. The van der Waals surface area contributed by atoms with Crippen LogP contribution >= 0.6 is 23.2 Å². The Balaban J connectivity index is 1.52. The van der Waals surface area contributed by atoms with Crippen LogP contribution in [-0.4, -0.2) is 20.4 Å². The van der Waals surface area contributed by atoms with Crippen molar-refractivity contribution in [2.24, 2.45) is 0 Å². The Morgan fingerprint density at radius 1 is 1.03 bits per heavy atom. The van der Waals surface area contributed by atoms with E-state index in [1.54, 1.807) is 0 Å². The first kappa shape index (κ1) is 29.5. The molecule has 0 bridgehead atoms. The summed E-state index contributed by atoms with van der Waals surface area (Å²) in [6.45, 7) is 4.99. The van der Waals surface area contributed by atoms with Crippen molar-refractivity contribution >= 4 is 39.1 Å². The third kappa shape index (κ3) is 7.80. The largest absolute Gasteiger partial charge is 0.349 e. The van der Waals surface area contributed by atoms with E-state index in [1.807, 2.05) is 0 Å². The van der Waals surface area contributed by atoms with Gasteiger partial charge in [0.2, 0.25) is 15.9 Å². The number of fused-ring (bicyclic) bond motifs is 1. The summed E-state index contributed by atoms with van der Waals surface area (Å²) >= 11 is 12.0. The average molecular weight is 593 g/mol. The molecule has 3 aromatic carbocycles. The number of nitrogens with one attached hydrogen (secondary N) is 3. The van der Waals surface area contributed by atoms with Gasteiger partial charge in [0.15, 0.2) is 0 Å². The summed E-state index contributed by atoms with van der Waals surface area (Å²) in [5.41, 5.74) is 3.95. The molecule has 4 rings (SSSR count). The van der Waals surface area contributed by atoms with E-state index in [0.29, 0.717) is 11.6 Å². The molecule has 0 fully saturated rings. The fourth-order valence-corrected chi connectivity index (χ4v) is 6.32. The van der Waals surface area contributed by atoms with Crippen molar-refractivity contribution in [2.75, 3.05) is 0 Å². The van der Waals surface area contributed by atoms with E-state index in [-0.39, 0.29) is 33.3 Å². The van der Waals surface area contributed by atoms with Crippen molar-refractivity contribution in [1.82, 2.24) is 15.4 Å². The highest BCUT2D eigenvalue weighted by Crippen LogP contribution is 2.31. The SMILES string of the molecule is CC(C)NCc1ccc2c(c1)CCCC2NC(=O)CC(NS(=O)(=O)c1ccc(Cl)c(Cl)c1)c1ccc(F)cc1. The maximum absolute atomic E-state index is 13.6. The van der Waals surface area contributed by atoms with E-state index in [4.69, 9.17) is 23.2 Å². The van der Waals surface area contributed by atoms with Crippen LogP contribution in [0.2, 0.25) is 10.0 Å². The first-order valence-electron chi connectivity index (χ1n) is 12.9. The molecule has 0 saturated heterocycles. The van der Waals surface area contributed by atoms with Crippen molar-refractivity contribution < 1.29 is 17.6 Å². The van der Waals surface area contributed by atoms with Crippen LogP contribution in [0.5, 0.6) is 0 Å². The Bertz CT molecular complexity index is 1430. The molecule has 0 saturated carbocycles. The van der Waals surface area contributed by atoms with Gasteiger partial charge in [0.25, 0.3) is 0 Å². The normalized spacial score (nSPS) is 16.1. The van der Waals surface area contributed by atoms with Gasteiger partial charge in [-0.05, 0) is 71.8 Å². The molecule has 0 radical (unpaired) electrons. The first-order chi connectivity index (χ1) is 18.5. The number of aryl methyl sites for hydroxylation is 1. The van der Waals surface area contributed by atoms with Crippen molar-refractivity contribution in [3.63, 3.8) is 0 Å². The molecule has 0 spiro atoms. The van der Waals surface area contributed by atoms with Gasteiger partial charge in [-0.25, -0.2) is 17.5 Å². The number of sulfonamides is 1. The second-order valence-electron chi connectivity index (χ2n) is 10.1. The maximum atomic E-state index is 13.6. The molecule has 10 heteroatoms. The number of carbonyl (C=O) groups excluding carboxylic acids is 1. The summed E-state index contributed by atoms with van der Waals surface area (Å²) in [6.07, 6.45) is 2.50. The Kier molecular flexibility index (Phi) is 9.67. The maximum Gasteiger partial charge on any atom is 0.241 e. The van der Waals surface area contributed by atoms with Crippen molar-refractivity contribution in [2.45, 2.75) is 69.1 Å². The minimum atomic E-state index is -4.07. The summed E-state index contributed by atoms with van der Waals surface area (Å²) in [7, 11) is -4.07. The lowest BCUT2D eigenvalue weighted by Crippen LogP contribution is -2.36. The number of rotatable bonds is 10. The fraction of sp³-hybridized carbons (Fsp3) is 0.345. The minimum absolute atomic E-state index is 0.0895. The van der Waals surface area contributed by atoms with Crippen LogP contribution in [0.25, 0.3) is 0 Å². The van der Waals surface area contributed by atoms with Crippen molar-refractivity contribution in [3.8, 4) is 0 Å². The number of halogens is 3. The van der Waals surface area contributed by atoms with Gasteiger partial charge in [0.05, 0.1) is 27.0 Å². The van der Waals surface area contributed by atoms with Gasteiger partial charge in [-0.2, -0.15) is 0 Å². The molecule has 6 nitrogen and oxygen atoms in total. The highest BCUT2D eigenvalue weighted by molar-refractivity contribution is 7.89. The van der Waals surface area contributed by atoms with E-state index < -0.39 is 21.9 Å². The van der Waals surface area contributed by atoms with Gasteiger partial charge < -0.3 is 10.6 Å². The Morgan fingerprint density at radius 2 is 1.77 bits per heavy atom. The average Bonchev–Trinajstić information content (AvgIpc) is 2.89. The lowest BCUT2D eigenvalue weighted by Gasteiger charge is -2.28. The molecular weight excluding hydrogens is 560 g/mol. The standard InChI is InChI=1S/C29H32Cl2FN3O3S/c1-18(2)33-17-19-6-12-24-21(14-19)4-3-5-27(24)34-29(36)16-28(20-7-9-22(32)10-8-20)35-39(37,38)23-11-13-25(30)26(31)15-23/h6-15,18,27-28,33,35H,3-5,16-17H2,1-2H3,(H,34,36). The van der Waals surface area contributed by atoms with Gasteiger partial charge in [-0.1, -0.05) is 67.4 Å². The summed E-state index contributed by atoms with van der Waals surface area (Å²) in [6, 6.07) is 15.0. The van der Waals surface area contributed by atoms with Crippen molar-refractivity contribution in [3.05, 3.63) is 98.8 Å². The molecule has 39 heavy (non-hydrogen) atoms. The Morgan fingerprint density at radius 3 is 2.46 bits per heavy atom. The van der Waals surface area contributed by atoms with E-state index in [0.717, 1.165) is 31.4 Å². The molecule has 1 aliphatic rings. The molecule has 1 amide bonds. The van der Waals surface area contributed by atoms with E-state index >= 15 is 0 Å². The molecule has 0 aromatic heterocycles. The van der Waals surface area contributed by atoms with Crippen LogP contribution in [0.15, 0.2) is 65.6 Å². The molecule has 1 aliphatic carbocycles. The third-order valence-corrected chi connectivity index (χ3v) is 8.94. The van der Waals surface area contributed by atoms with Crippen molar-refractivity contribution in [1.29, 1.82) is 0 Å². The zero-order valence-electron chi connectivity index (χ0n) is 21.8. The van der Waals surface area contributed by atoms with Crippen LogP contribution in [0.1, 0.15) is 67.4 Å². The second-order valence-corrected chi connectivity index (χ2v) is 12.6. The topological polar surface area (TPSA) is 87.3 Å². The Labute approximate surface area is 239 Å². The lowest BCUT2D eigenvalue weighted by atomic mass is 9.86. The highest BCUT2D eigenvalue weighted by Gasteiger charge is 2.27. The van der Waals surface area contributed by atoms with Gasteiger partial charge in [0, 0.05) is 19.0 Å². The van der Waals surface area contributed by atoms with Gasteiger partial charge in [0.1, 0.15) is 5.82 Å². The molecule has 0 heterocycles. The van der Waals surface area contributed by atoms with E-state index in [1.165, 1.54) is 53.6 Å². The minimum Gasteiger partial charge on any atom is -0.349 e. The predicted molar refractivity (Wildman–Crippen MR) is 153 cm³/mol. The number of hydrogen-bond donors (Lipinski definition) is 3. The predicted octanol–water partition coefficient (Wildman–Crippen LogP) is 6.23. The van der Waals surface area contributed by atoms with Crippen LogP contribution < -0.4 is 15.4 Å². The summed E-state index contributed by atoms with van der Waals surface area (Å²) < 4.78 is 42.6. The molecule has 0 aliphatic heterocycles. The number of benzene rings is 3. The molecule has 2 atom stereocenters. The smallest absolute Gasteiger partial charge is 0.241 e. The molecule has 208 valence electrons. The van der Waals surface area contributed by atoms with Gasteiger partial charge in [-0.3, -0.25) is 4.79 Å². The van der Waals surface area contributed by atoms with E-state index in [9.17, 15) is 17.6 Å². The summed E-state index contributed by atoms with van der Waals surface area (Å²) in [4.78, 5) is 13.2. The second kappa shape index (κ2) is 12.8. The number of hydrogen-bond acceptors (Lipinski definition) is 4. The Hall–Kier alpha value is -2.49. The number of carbonyl (C=O) groups is 1. The van der Waals surface area contributed by atoms with Crippen LogP contribution in [0.3, 0.4) is 0 Å². The zero-order valence-corrected chi connectivity index (χ0v) is 24.1. The van der Waals surface area contributed by atoms with Crippen LogP contribution in [0, 0.1) is 5.82 Å².